The summed E-state index contributed by atoms with van der Waals surface area (Å²) in [6, 6.07) is 9.59. The van der Waals surface area contributed by atoms with Crippen LogP contribution >= 0.6 is 0 Å². The van der Waals surface area contributed by atoms with Crippen LogP contribution in [0.3, 0.4) is 0 Å². The van der Waals surface area contributed by atoms with Crippen molar-refractivity contribution in [3.63, 3.8) is 0 Å². The standard InChI is InChI=1S/C20H31N/c1-20(2,3)18-14-12-17(13-15-18)19(21-4)16-10-8-6-5-7-9-11-16/h10,12-15,19,21H,5-9,11H2,1-4H3/b16-10+. The van der Waals surface area contributed by atoms with E-state index >= 15 is 0 Å². The van der Waals surface area contributed by atoms with E-state index in [1.807, 2.05) is 0 Å². The molecule has 0 amide bonds. The van der Waals surface area contributed by atoms with Crippen molar-refractivity contribution in [1.29, 1.82) is 0 Å². The minimum absolute atomic E-state index is 0.229. The first-order chi connectivity index (χ1) is 10.0. The minimum atomic E-state index is 0.229. The van der Waals surface area contributed by atoms with E-state index in [9.17, 15) is 0 Å². The molecule has 2 rings (SSSR count). The molecular formula is C20H31N. The molecule has 0 bridgehead atoms. The monoisotopic (exact) mass is 285 g/mol. The Bertz CT molecular complexity index is 462. The molecule has 0 radical (unpaired) electrons. The lowest BCUT2D eigenvalue weighted by molar-refractivity contribution is 0.571. The van der Waals surface area contributed by atoms with Gasteiger partial charge in [0.1, 0.15) is 0 Å². The van der Waals surface area contributed by atoms with Crippen LogP contribution in [0.1, 0.15) is 76.5 Å². The highest BCUT2D eigenvalue weighted by atomic mass is 14.9. The van der Waals surface area contributed by atoms with Crippen LogP contribution in [0.5, 0.6) is 0 Å². The van der Waals surface area contributed by atoms with Crippen LogP contribution in [-0.2, 0) is 5.41 Å². The van der Waals surface area contributed by atoms with E-state index in [0.717, 1.165) is 0 Å². The molecular weight excluding hydrogens is 254 g/mol. The van der Waals surface area contributed by atoms with Gasteiger partial charge in [-0.15, -0.1) is 0 Å². The van der Waals surface area contributed by atoms with Crippen molar-refractivity contribution in [2.75, 3.05) is 7.05 Å². The Labute approximate surface area is 130 Å². The Balaban J connectivity index is 2.20. The first kappa shape index (κ1) is 16.3. The molecule has 1 aromatic carbocycles. The summed E-state index contributed by atoms with van der Waals surface area (Å²) in [5.74, 6) is 0. The highest BCUT2D eigenvalue weighted by Gasteiger charge is 2.17. The van der Waals surface area contributed by atoms with E-state index in [2.05, 4.69) is 63.5 Å². The molecule has 1 aliphatic rings. The summed E-state index contributed by atoms with van der Waals surface area (Å²) in [4.78, 5) is 0. The zero-order valence-corrected chi connectivity index (χ0v) is 14.2. The van der Waals surface area contributed by atoms with E-state index in [-0.39, 0.29) is 5.41 Å². The van der Waals surface area contributed by atoms with Crippen LogP contribution in [0.4, 0.5) is 0 Å². The fraction of sp³-hybridized carbons (Fsp3) is 0.600. The van der Waals surface area contributed by atoms with Gasteiger partial charge in [0.05, 0.1) is 6.04 Å². The van der Waals surface area contributed by atoms with Crippen LogP contribution in [0.25, 0.3) is 0 Å². The molecule has 1 nitrogen and oxygen atoms in total. The molecule has 0 spiro atoms. The van der Waals surface area contributed by atoms with Crippen LogP contribution in [0.15, 0.2) is 35.9 Å². The Morgan fingerprint density at radius 3 is 2.24 bits per heavy atom. The molecule has 0 fully saturated rings. The second-order valence-electron chi connectivity index (χ2n) is 7.33. The molecule has 1 heteroatoms. The van der Waals surface area contributed by atoms with Crippen LogP contribution in [-0.4, -0.2) is 7.05 Å². The summed E-state index contributed by atoms with van der Waals surface area (Å²) < 4.78 is 0. The number of likely N-dealkylation sites (N-methyl/N-ethyl adjacent to an activating group) is 1. The third-order valence-corrected chi connectivity index (χ3v) is 4.60. The van der Waals surface area contributed by atoms with E-state index in [0.29, 0.717) is 6.04 Å². The van der Waals surface area contributed by atoms with Crippen molar-refractivity contribution < 1.29 is 0 Å². The average molecular weight is 285 g/mol. The maximum atomic E-state index is 3.53. The van der Waals surface area contributed by atoms with Gasteiger partial charge in [0, 0.05) is 0 Å². The minimum Gasteiger partial charge on any atom is -0.310 e. The van der Waals surface area contributed by atoms with Gasteiger partial charge in [-0.2, -0.15) is 0 Å². The van der Waals surface area contributed by atoms with Gasteiger partial charge in [0.15, 0.2) is 0 Å². The van der Waals surface area contributed by atoms with E-state index < -0.39 is 0 Å². The van der Waals surface area contributed by atoms with Crippen molar-refractivity contribution in [1.82, 2.24) is 5.32 Å². The fourth-order valence-electron chi connectivity index (χ4n) is 3.22. The Morgan fingerprint density at radius 1 is 0.952 bits per heavy atom. The molecule has 1 aliphatic carbocycles. The lowest BCUT2D eigenvalue weighted by Gasteiger charge is -2.24. The summed E-state index contributed by atoms with van der Waals surface area (Å²) in [5.41, 5.74) is 4.62. The first-order valence-electron chi connectivity index (χ1n) is 8.49. The van der Waals surface area contributed by atoms with Crippen molar-refractivity contribution >= 4 is 0 Å². The van der Waals surface area contributed by atoms with Gasteiger partial charge in [-0.05, 0) is 49.3 Å². The zero-order valence-electron chi connectivity index (χ0n) is 14.2. The van der Waals surface area contributed by atoms with Crippen molar-refractivity contribution in [3.8, 4) is 0 Å². The summed E-state index contributed by atoms with van der Waals surface area (Å²) in [5, 5.41) is 3.53. The predicted molar refractivity (Wildman–Crippen MR) is 92.7 cm³/mol. The molecule has 21 heavy (non-hydrogen) atoms. The van der Waals surface area contributed by atoms with Crippen molar-refractivity contribution in [2.45, 2.75) is 70.8 Å². The second kappa shape index (κ2) is 7.26. The number of hydrogen-bond donors (Lipinski definition) is 1. The molecule has 116 valence electrons. The second-order valence-corrected chi connectivity index (χ2v) is 7.33. The third kappa shape index (κ3) is 4.44. The molecule has 0 aliphatic heterocycles. The maximum absolute atomic E-state index is 3.53. The molecule has 0 aromatic heterocycles. The average Bonchev–Trinajstić information content (AvgIpc) is 2.41. The fourth-order valence-corrected chi connectivity index (χ4v) is 3.22. The van der Waals surface area contributed by atoms with E-state index in [4.69, 9.17) is 0 Å². The number of benzene rings is 1. The quantitative estimate of drug-likeness (QED) is 0.720. The van der Waals surface area contributed by atoms with Gasteiger partial charge >= 0.3 is 0 Å². The summed E-state index contributed by atoms with van der Waals surface area (Å²) in [6.45, 7) is 6.82. The summed E-state index contributed by atoms with van der Waals surface area (Å²) >= 11 is 0. The predicted octanol–water partition coefficient (Wildman–Crippen LogP) is 5.53. The van der Waals surface area contributed by atoms with Gasteiger partial charge in [-0.1, -0.05) is 69.5 Å². The number of rotatable bonds is 3. The zero-order chi connectivity index (χ0) is 15.3. The van der Waals surface area contributed by atoms with Gasteiger partial charge in [0.25, 0.3) is 0 Å². The Morgan fingerprint density at radius 2 is 1.62 bits per heavy atom. The third-order valence-electron chi connectivity index (χ3n) is 4.60. The van der Waals surface area contributed by atoms with Crippen molar-refractivity contribution in [3.05, 3.63) is 47.0 Å². The highest BCUT2D eigenvalue weighted by molar-refractivity contribution is 5.33. The smallest absolute Gasteiger partial charge is 0.0533 e. The lowest BCUT2D eigenvalue weighted by atomic mass is 9.85. The van der Waals surface area contributed by atoms with Crippen LogP contribution < -0.4 is 5.32 Å². The molecule has 1 atom stereocenters. The number of hydrogen-bond acceptors (Lipinski definition) is 1. The lowest BCUT2D eigenvalue weighted by Crippen LogP contribution is -2.20. The largest absolute Gasteiger partial charge is 0.310 e. The molecule has 0 saturated heterocycles. The molecule has 0 saturated carbocycles. The van der Waals surface area contributed by atoms with Gasteiger partial charge in [0.2, 0.25) is 0 Å². The van der Waals surface area contributed by atoms with Gasteiger partial charge < -0.3 is 5.32 Å². The molecule has 1 unspecified atom stereocenters. The Hall–Kier alpha value is -1.08. The normalized spacial score (nSPS) is 21.0. The Kier molecular flexibility index (Phi) is 5.64. The van der Waals surface area contributed by atoms with Crippen LogP contribution in [0, 0.1) is 0 Å². The summed E-state index contributed by atoms with van der Waals surface area (Å²) in [7, 11) is 2.09. The summed E-state index contributed by atoms with van der Waals surface area (Å²) in [6.07, 6.45) is 10.4. The SMILES string of the molecule is CNC(/C1=C/CCCCCC1)c1ccc(C(C)(C)C)cc1. The maximum Gasteiger partial charge on any atom is 0.0533 e. The van der Waals surface area contributed by atoms with Crippen LogP contribution in [0.2, 0.25) is 0 Å². The molecule has 0 heterocycles. The topological polar surface area (TPSA) is 12.0 Å². The van der Waals surface area contributed by atoms with Crippen molar-refractivity contribution in [2.24, 2.45) is 0 Å². The number of nitrogens with one attached hydrogen (secondary N) is 1. The highest BCUT2D eigenvalue weighted by Crippen LogP contribution is 2.30. The number of allylic oxidation sites excluding steroid dienone is 1. The molecule has 1 N–H and O–H groups in total. The van der Waals surface area contributed by atoms with E-state index in [1.165, 1.54) is 49.7 Å². The van der Waals surface area contributed by atoms with Gasteiger partial charge in [-0.3, -0.25) is 0 Å². The first-order valence-corrected chi connectivity index (χ1v) is 8.49. The van der Waals surface area contributed by atoms with E-state index in [1.54, 1.807) is 5.57 Å². The van der Waals surface area contributed by atoms with Gasteiger partial charge in [-0.25, -0.2) is 0 Å². The molecule has 1 aromatic rings.